The minimum Gasteiger partial charge on any atom is -0.461 e. The van der Waals surface area contributed by atoms with Gasteiger partial charge in [0.05, 0.1) is 6.04 Å². The molecule has 3 unspecified atom stereocenters. The van der Waals surface area contributed by atoms with E-state index in [4.69, 9.17) is 4.42 Å². The van der Waals surface area contributed by atoms with Gasteiger partial charge < -0.3 is 14.5 Å². The highest BCUT2D eigenvalue weighted by Crippen LogP contribution is 2.47. The van der Waals surface area contributed by atoms with Gasteiger partial charge in [-0.3, -0.25) is 4.79 Å². The third-order valence-electron chi connectivity index (χ3n) is 4.46. The van der Waals surface area contributed by atoms with Crippen LogP contribution in [-0.2, 0) is 4.79 Å². The topological polar surface area (TPSA) is 51.5 Å². The Kier molecular flexibility index (Phi) is 5.40. The summed E-state index contributed by atoms with van der Waals surface area (Å²) in [7, 11) is 0. The first-order valence-corrected chi connectivity index (χ1v) is 8.55. The van der Waals surface area contributed by atoms with E-state index in [-0.39, 0.29) is 17.7 Å². The number of hydrogen-bond donors (Lipinski definition) is 1. The summed E-state index contributed by atoms with van der Waals surface area (Å²) in [4.78, 5) is 12.1. The largest absolute Gasteiger partial charge is 0.461 e. The van der Waals surface area contributed by atoms with Crippen LogP contribution in [0.3, 0.4) is 0 Å². The van der Waals surface area contributed by atoms with Gasteiger partial charge in [-0.15, -0.1) is 0 Å². The second-order valence-electron chi connectivity index (χ2n) is 6.57. The molecular formula is C20H21F2NO3. The first kappa shape index (κ1) is 18.2. The molecule has 1 fully saturated rings. The van der Waals surface area contributed by atoms with Crippen molar-refractivity contribution in [3.05, 3.63) is 59.6 Å². The predicted octanol–water partition coefficient (Wildman–Crippen LogP) is 4.90. The Morgan fingerprint density at radius 2 is 2.12 bits per heavy atom. The molecule has 138 valence electrons. The van der Waals surface area contributed by atoms with Gasteiger partial charge in [-0.2, -0.15) is 8.78 Å². The molecule has 3 atom stereocenters. The zero-order valence-electron chi connectivity index (χ0n) is 14.6. The minimum absolute atomic E-state index is 0.0616. The molecule has 2 aromatic rings. The fraction of sp³-hybridized carbons (Fsp3) is 0.350. The molecule has 0 bridgehead atoms. The summed E-state index contributed by atoms with van der Waals surface area (Å²) in [6, 6.07) is 9.71. The molecular weight excluding hydrogens is 340 g/mol. The molecule has 1 saturated carbocycles. The first-order valence-electron chi connectivity index (χ1n) is 8.55. The lowest BCUT2D eigenvalue weighted by atomic mass is 10.1. The van der Waals surface area contributed by atoms with Crippen molar-refractivity contribution in [2.45, 2.75) is 38.8 Å². The Bertz CT molecular complexity index is 800. The Hall–Kier alpha value is -2.63. The van der Waals surface area contributed by atoms with Crippen molar-refractivity contribution in [2.75, 3.05) is 0 Å². The Balaban J connectivity index is 1.56. The molecule has 3 rings (SSSR count). The van der Waals surface area contributed by atoms with E-state index >= 15 is 0 Å². The van der Waals surface area contributed by atoms with Crippen molar-refractivity contribution in [3.8, 4) is 5.75 Å². The van der Waals surface area contributed by atoms with Crippen molar-refractivity contribution in [1.82, 2.24) is 5.32 Å². The zero-order valence-corrected chi connectivity index (χ0v) is 14.6. The number of furan rings is 1. The van der Waals surface area contributed by atoms with Gasteiger partial charge in [0.25, 0.3) is 0 Å². The summed E-state index contributed by atoms with van der Waals surface area (Å²) < 4.78 is 34.7. The van der Waals surface area contributed by atoms with Gasteiger partial charge in [-0.05, 0) is 55.2 Å². The summed E-state index contributed by atoms with van der Waals surface area (Å²) in [6.07, 6.45) is 4.16. The predicted molar refractivity (Wildman–Crippen MR) is 93.9 cm³/mol. The van der Waals surface area contributed by atoms with Crippen molar-refractivity contribution >= 4 is 12.0 Å². The first-order chi connectivity index (χ1) is 12.4. The highest BCUT2D eigenvalue weighted by molar-refractivity contribution is 5.91. The average molecular weight is 361 g/mol. The molecule has 26 heavy (non-hydrogen) atoms. The van der Waals surface area contributed by atoms with E-state index in [1.807, 2.05) is 12.1 Å². The summed E-state index contributed by atoms with van der Waals surface area (Å²) in [5, 5.41) is 2.79. The highest BCUT2D eigenvalue weighted by atomic mass is 19.3. The molecule has 1 N–H and O–H groups in total. The molecule has 1 heterocycles. The second kappa shape index (κ2) is 7.72. The van der Waals surface area contributed by atoms with Crippen molar-refractivity contribution in [3.63, 3.8) is 0 Å². The van der Waals surface area contributed by atoms with Gasteiger partial charge in [0.15, 0.2) is 0 Å². The Morgan fingerprint density at radius 1 is 1.35 bits per heavy atom. The highest BCUT2D eigenvalue weighted by Gasteiger charge is 2.36. The van der Waals surface area contributed by atoms with Crippen LogP contribution >= 0.6 is 0 Å². The smallest absolute Gasteiger partial charge is 0.387 e. The number of carbonyl (C=O) groups excluding carboxylic acids is 1. The molecule has 1 aromatic heterocycles. The number of carbonyl (C=O) groups is 1. The van der Waals surface area contributed by atoms with Crippen LogP contribution in [0, 0.1) is 5.92 Å². The van der Waals surface area contributed by atoms with Gasteiger partial charge in [-0.25, -0.2) is 0 Å². The van der Waals surface area contributed by atoms with Crippen LogP contribution in [0.1, 0.15) is 49.3 Å². The Labute approximate surface area is 150 Å². The minimum atomic E-state index is -2.88. The second-order valence-corrected chi connectivity index (χ2v) is 6.57. The lowest BCUT2D eigenvalue weighted by Gasteiger charge is -2.14. The number of amides is 1. The third-order valence-corrected chi connectivity index (χ3v) is 4.46. The van der Waals surface area contributed by atoms with Crippen molar-refractivity contribution in [2.24, 2.45) is 5.92 Å². The van der Waals surface area contributed by atoms with Crippen molar-refractivity contribution in [1.29, 1.82) is 0 Å². The monoisotopic (exact) mass is 361 g/mol. The van der Waals surface area contributed by atoms with Gasteiger partial charge in [0, 0.05) is 12.0 Å². The maximum absolute atomic E-state index is 12.3. The zero-order chi connectivity index (χ0) is 18.7. The van der Waals surface area contributed by atoms with E-state index < -0.39 is 6.61 Å². The number of nitrogens with one attached hydrogen (secondary N) is 1. The van der Waals surface area contributed by atoms with Gasteiger partial charge in [0.1, 0.15) is 17.3 Å². The lowest BCUT2D eigenvalue weighted by Crippen LogP contribution is -2.24. The fourth-order valence-corrected chi connectivity index (χ4v) is 2.84. The molecule has 1 aliphatic rings. The molecule has 0 radical (unpaired) electrons. The van der Waals surface area contributed by atoms with E-state index in [0.29, 0.717) is 23.2 Å². The normalized spacial score (nSPS) is 20.3. The Morgan fingerprint density at radius 3 is 2.81 bits per heavy atom. The molecule has 1 amide bonds. The van der Waals surface area contributed by atoms with Crippen LogP contribution in [0.4, 0.5) is 8.78 Å². The fourth-order valence-electron chi connectivity index (χ4n) is 2.84. The van der Waals surface area contributed by atoms with Gasteiger partial charge >= 0.3 is 6.61 Å². The summed E-state index contributed by atoms with van der Waals surface area (Å²) in [5.41, 5.74) is 0.674. The van der Waals surface area contributed by atoms with Crippen LogP contribution in [0.25, 0.3) is 6.08 Å². The molecule has 1 aliphatic carbocycles. The number of hydrogen-bond acceptors (Lipinski definition) is 3. The van der Waals surface area contributed by atoms with E-state index in [9.17, 15) is 13.6 Å². The van der Waals surface area contributed by atoms with Crippen LogP contribution in [-0.4, -0.2) is 12.5 Å². The quantitative estimate of drug-likeness (QED) is 0.714. The maximum Gasteiger partial charge on any atom is 0.387 e. The maximum atomic E-state index is 12.3. The summed E-state index contributed by atoms with van der Waals surface area (Å²) >= 11 is 0. The lowest BCUT2D eigenvalue weighted by molar-refractivity contribution is -0.117. The van der Waals surface area contributed by atoms with E-state index in [2.05, 4.69) is 17.0 Å². The third kappa shape index (κ3) is 4.71. The molecule has 6 heteroatoms. The summed E-state index contributed by atoms with van der Waals surface area (Å²) in [6.45, 7) is 1.07. The van der Waals surface area contributed by atoms with Crippen LogP contribution in [0.15, 0.2) is 46.9 Å². The SMILES string of the molecule is CC(NC(=O)C=Cc1ccc(C2CC2C)o1)c1cccc(OC(F)F)c1. The van der Waals surface area contributed by atoms with E-state index in [1.54, 1.807) is 25.1 Å². The number of ether oxygens (including phenoxy) is 1. The van der Waals surface area contributed by atoms with Crippen LogP contribution < -0.4 is 10.1 Å². The van der Waals surface area contributed by atoms with Gasteiger partial charge in [0.2, 0.25) is 5.91 Å². The molecule has 0 aliphatic heterocycles. The molecule has 0 saturated heterocycles. The van der Waals surface area contributed by atoms with Gasteiger partial charge in [-0.1, -0.05) is 19.1 Å². The van der Waals surface area contributed by atoms with E-state index in [1.165, 1.54) is 18.2 Å². The molecule has 4 nitrogen and oxygen atoms in total. The molecule has 1 aromatic carbocycles. The van der Waals surface area contributed by atoms with Crippen LogP contribution in [0.5, 0.6) is 5.75 Å². The van der Waals surface area contributed by atoms with E-state index in [0.717, 1.165) is 12.2 Å². The van der Waals surface area contributed by atoms with Crippen LogP contribution in [0.2, 0.25) is 0 Å². The average Bonchev–Trinajstić information content (AvgIpc) is 3.14. The van der Waals surface area contributed by atoms with Crippen molar-refractivity contribution < 1.29 is 22.7 Å². The number of alkyl halides is 2. The standard InChI is InChI=1S/C20H21F2NO3/c1-12-10-17(12)18-8-6-15(25-18)7-9-19(24)23-13(2)14-4-3-5-16(11-14)26-20(21)22/h3-9,11-13,17,20H,10H2,1-2H3,(H,23,24). The number of benzene rings is 1. The summed E-state index contributed by atoms with van der Waals surface area (Å²) in [5.74, 6) is 2.51. The number of rotatable bonds is 7. The number of halogens is 2. The molecule has 0 spiro atoms.